The smallest absolute Gasteiger partial charge is 0.318 e. The van der Waals surface area contributed by atoms with Crippen LogP contribution in [0.5, 0.6) is 0 Å². The molecule has 1 N–H and O–H groups in total. The zero-order chi connectivity index (χ0) is 12.3. The zero-order valence-corrected chi connectivity index (χ0v) is 9.81. The summed E-state index contributed by atoms with van der Waals surface area (Å²) in [5, 5.41) is 11.5. The van der Waals surface area contributed by atoms with Gasteiger partial charge in [0, 0.05) is 6.54 Å². The lowest BCUT2D eigenvalue weighted by atomic mass is 10.0. The fourth-order valence-corrected chi connectivity index (χ4v) is 1.99. The van der Waals surface area contributed by atoms with Crippen molar-refractivity contribution in [1.29, 1.82) is 5.26 Å². The lowest BCUT2D eigenvalue weighted by Gasteiger charge is -2.11. The average molecular weight is 229 g/mol. The van der Waals surface area contributed by atoms with Gasteiger partial charge in [0.25, 0.3) is 0 Å². The van der Waals surface area contributed by atoms with Gasteiger partial charge in [0.1, 0.15) is 6.54 Å². The van der Waals surface area contributed by atoms with Gasteiger partial charge in [-0.2, -0.15) is 5.26 Å². The first kappa shape index (κ1) is 11.5. The van der Waals surface area contributed by atoms with Gasteiger partial charge >= 0.3 is 6.03 Å². The number of nitrogens with one attached hydrogen (secondary N) is 1. The van der Waals surface area contributed by atoms with E-state index in [0.29, 0.717) is 6.54 Å². The maximum absolute atomic E-state index is 11.5. The topological polar surface area (TPSA) is 56.1 Å². The van der Waals surface area contributed by atoms with Gasteiger partial charge < -0.3 is 10.2 Å². The van der Waals surface area contributed by atoms with Gasteiger partial charge in [-0.25, -0.2) is 4.79 Å². The SMILES string of the molecule is CCc1ccc(C2CN(CC#N)C(=O)N2)cc1. The van der Waals surface area contributed by atoms with Crippen molar-refractivity contribution in [2.75, 3.05) is 13.1 Å². The Morgan fingerprint density at radius 3 is 2.76 bits per heavy atom. The van der Waals surface area contributed by atoms with Crippen LogP contribution in [0.25, 0.3) is 0 Å². The van der Waals surface area contributed by atoms with Gasteiger partial charge in [0.2, 0.25) is 0 Å². The highest BCUT2D eigenvalue weighted by molar-refractivity contribution is 5.77. The summed E-state index contributed by atoms with van der Waals surface area (Å²) in [4.78, 5) is 13.1. The summed E-state index contributed by atoms with van der Waals surface area (Å²) in [6.07, 6.45) is 1.01. The van der Waals surface area contributed by atoms with E-state index >= 15 is 0 Å². The van der Waals surface area contributed by atoms with Gasteiger partial charge in [-0.3, -0.25) is 0 Å². The largest absolute Gasteiger partial charge is 0.329 e. The molecule has 1 heterocycles. The van der Waals surface area contributed by atoms with Gasteiger partial charge in [0.15, 0.2) is 0 Å². The van der Waals surface area contributed by atoms with Crippen molar-refractivity contribution in [2.45, 2.75) is 19.4 Å². The number of hydrogen-bond acceptors (Lipinski definition) is 2. The second-order valence-corrected chi connectivity index (χ2v) is 4.14. The number of hydrogen-bond donors (Lipinski definition) is 1. The quantitative estimate of drug-likeness (QED) is 0.804. The number of nitriles is 1. The van der Waals surface area contributed by atoms with E-state index in [1.807, 2.05) is 18.2 Å². The van der Waals surface area contributed by atoms with Crippen molar-refractivity contribution in [3.8, 4) is 6.07 Å². The number of aryl methyl sites for hydroxylation is 1. The van der Waals surface area contributed by atoms with Crippen molar-refractivity contribution in [2.24, 2.45) is 0 Å². The van der Waals surface area contributed by atoms with Crippen molar-refractivity contribution in [3.63, 3.8) is 0 Å². The van der Waals surface area contributed by atoms with E-state index in [1.54, 1.807) is 0 Å². The first-order valence-corrected chi connectivity index (χ1v) is 5.75. The van der Waals surface area contributed by atoms with Gasteiger partial charge in [-0.05, 0) is 17.5 Å². The standard InChI is InChI=1S/C13H15N3O/c1-2-10-3-5-11(6-4-10)12-9-16(8-7-14)13(17)15-12/h3-6,12H,2,8-9H2,1H3,(H,15,17). The van der Waals surface area contributed by atoms with Gasteiger partial charge in [-0.1, -0.05) is 31.2 Å². The van der Waals surface area contributed by atoms with Crippen LogP contribution in [0.1, 0.15) is 24.1 Å². The highest BCUT2D eigenvalue weighted by Gasteiger charge is 2.29. The second kappa shape index (κ2) is 4.88. The Hall–Kier alpha value is -2.02. The minimum absolute atomic E-state index is 0.00163. The van der Waals surface area contributed by atoms with E-state index in [4.69, 9.17) is 5.26 Å². The van der Waals surface area contributed by atoms with Crippen molar-refractivity contribution >= 4 is 6.03 Å². The summed E-state index contributed by atoms with van der Waals surface area (Å²) in [7, 11) is 0. The highest BCUT2D eigenvalue weighted by atomic mass is 16.2. The second-order valence-electron chi connectivity index (χ2n) is 4.14. The van der Waals surface area contributed by atoms with Crippen LogP contribution >= 0.6 is 0 Å². The first-order chi connectivity index (χ1) is 8.24. The molecular weight excluding hydrogens is 214 g/mol. The highest BCUT2D eigenvalue weighted by Crippen LogP contribution is 2.20. The van der Waals surface area contributed by atoms with Crippen LogP contribution in [0.15, 0.2) is 24.3 Å². The number of urea groups is 1. The van der Waals surface area contributed by atoms with Gasteiger partial charge in [0.05, 0.1) is 12.1 Å². The molecule has 2 rings (SSSR count). The van der Waals surface area contributed by atoms with Crippen molar-refractivity contribution < 1.29 is 4.79 Å². The summed E-state index contributed by atoms with van der Waals surface area (Å²) in [5.74, 6) is 0. The molecule has 1 unspecified atom stereocenters. The fourth-order valence-electron chi connectivity index (χ4n) is 1.99. The van der Waals surface area contributed by atoms with Crippen LogP contribution in [-0.2, 0) is 6.42 Å². The third-order valence-corrected chi connectivity index (χ3v) is 3.04. The van der Waals surface area contributed by atoms with Gasteiger partial charge in [-0.15, -0.1) is 0 Å². The monoisotopic (exact) mass is 229 g/mol. The molecule has 0 bridgehead atoms. The lowest BCUT2D eigenvalue weighted by molar-refractivity contribution is 0.222. The molecule has 0 aromatic heterocycles. The fraction of sp³-hybridized carbons (Fsp3) is 0.385. The van der Waals surface area contributed by atoms with Crippen molar-refractivity contribution in [1.82, 2.24) is 10.2 Å². The Morgan fingerprint density at radius 2 is 2.18 bits per heavy atom. The number of rotatable bonds is 3. The molecule has 1 atom stereocenters. The first-order valence-electron chi connectivity index (χ1n) is 5.75. The van der Waals surface area contributed by atoms with E-state index in [9.17, 15) is 4.79 Å². The molecule has 88 valence electrons. The Balaban J connectivity index is 2.09. The molecule has 0 aliphatic carbocycles. The summed E-state index contributed by atoms with van der Waals surface area (Å²) in [5.41, 5.74) is 2.38. The molecular formula is C13H15N3O. The molecule has 0 spiro atoms. The molecule has 1 aromatic carbocycles. The molecule has 17 heavy (non-hydrogen) atoms. The zero-order valence-electron chi connectivity index (χ0n) is 9.81. The number of benzene rings is 1. The van der Waals surface area contributed by atoms with Crippen LogP contribution in [0.4, 0.5) is 4.79 Å². The predicted octanol–water partition coefficient (Wildman–Crippen LogP) is 1.84. The molecule has 1 aliphatic heterocycles. The summed E-state index contributed by atoms with van der Waals surface area (Å²) >= 11 is 0. The molecule has 4 heteroatoms. The summed E-state index contributed by atoms with van der Waals surface area (Å²) in [6, 6.07) is 10.1. The maximum Gasteiger partial charge on any atom is 0.318 e. The van der Waals surface area contributed by atoms with Crippen LogP contribution in [0, 0.1) is 11.3 Å². The lowest BCUT2D eigenvalue weighted by Crippen LogP contribution is -2.28. The predicted molar refractivity (Wildman–Crippen MR) is 64.3 cm³/mol. The molecule has 1 aliphatic rings. The van der Waals surface area contributed by atoms with Crippen molar-refractivity contribution in [3.05, 3.63) is 35.4 Å². The Bertz CT molecular complexity index is 447. The number of carbonyl (C=O) groups excluding carboxylic acids is 1. The molecule has 4 nitrogen and oxygen atoms in total. The third-order valence-electron chi connectivity index (χ3n) is 3.04. The third kappa shape index (κ3) is 2.39. The minimum atomic E-state index is -0.156. The van der Waals surface area contributed by atoms with E-state index in [-0.39, 0.29) is 18.6 Å². The molecule has 0 radical (unpaired) electrons. The summed E-state index contributed by atoms with van der Waals surface area (Å²) in [6.45, 7) is 2.83. The van der Waals surface area contributed by atoms with Crippen LogP contribution in [0.2, 0.25) is 0 Å². The molecule has 1 fully saturated rings. The normalized spacial score (nSPS) is 18.9. The molecule has 0 saturated carbocycles. The number of amides is 2. The molecule has 1 aromatic rings. The Kier molecular flexibility index (Phi) is 3.29. The van der Waals surface area contributed by atoms with E-state index in [2.05, 4.69) is 24.4 Å². The van der Waals surface area contributed by atoms with Crippen LogP contribution in [-0.4, -0.2) is 24.0 Å². The van der Waals surface area contributed by atoms with E-state index < -0.39 is 0 Å². The van der Waals surface area contributed by atoms with E-state index in [0.717, 1.165) is 12.0 Å². The number of nitrogens with zero attached hydrogens (tertiary/aromatic N) is 2. The Morgan fingerprint density at radius 1 is 1.47 bits per heavy atom. The van der Waals surface area contributed by atoms with E-state index in [1.165, 1.54) is 10.5 Å². The average Bonchev–Trinajstić information content (AvgIpc) is 2.72. The Labute approximate surface area is 101 Å². The van der Waals surface area contributed by atoms with Crippen LogP contribution < -0.4 is 5.32 Å². The minimum Gasteiger partial charge on any atom is -0.329 e. The maximum atomic E-state index is 11.5. The van der Waals surface area contributed by atoms with Crippen LogP contribution in [0.3, 0.4) is 0 Å². The molecule has 1 saturated heterocycles. The number of carbonyl (C=O) groups is 1. The molecule has 2 amide bonds. The summed E-state index contributed by atoms with van der Waals surface area (Å²) < 4.78 is 0.